The maximum Gasteiger partial charge on any atom is 0.319 e. The molecule has 3 rings (SSSR count). The van der Waals surface area contributed by atoms with E-state index in [0.717, 1.165) is 5.56 Å². The van der Waals surface area contributed by atoms with E-state index in [2.05, 4.69) is 15.6 Å². The zero-order valence-electron chi connectivity index (χ0n) is 15.4. The predicted molar refractivity (Wildman–Crippen MR) is 109 cm³/mol. The van der Waals surface area contributed by atoms with Crippen molar-refractivity contribution in [1.82, 2.24) is 10.3 Å². The number of carbonyl (C=O) groups excluding carboxylic acids is 1. The molecule has 0 radical (unpaired) electrons. The summed E-state index contributed by atoms with van der Waals surface area (Å²) in [4.78, 5) is 16.1. The summed E-state index contributed by atoms with van der Waals surface area (Å²) in [7, 11) is -3.57. The molecule has 7 nitrogen and oxygen atoms in total. The van der Waals surface area contributed by atoms with E-state index < -0.39 is 15.9 Å². The van der Waals surface area contributed by atoms with E-state index in [0.29, 0.717) is 23.4 Å². The van der Waals surface area contributed by atoms with Gasteiger partial charge in [0.05, 0.1) is 22.3 Å². The summed E-state index contributed by atoms with van der Waals surface area (Å²) in [5, 5.41) is 14.3. The molecule has 0 fully saturated rings. The van der Waals surface area contributed by atoms with Gasteiger partial charge in [-0.1, -0.05) is 18.2 Å². The van der Waals surface area contributed by atoms with E-state index in [9.17, 15) is 13.2 Å². The highest BCUT2D eigenvalue weighted by Crippen LogP contribution is 2.19. The molecule has 0 saturated heterocycles. The molecular formula is C21H18N4O3S. The van der Waals surface area contributed by atoms with E-state index in [1.807, 2.05) is 12.1 Å². The highest BCUT2D eigenvalue weighted by atomic mass is 32.2. The summed E-state index contributed by atoms with van der Waals surface area (Å²) in [6.45, 7) is 0.327. The zero-order chi connectivity index (χ0) is 20.7. The first kappa shape index (κ1) is 20.0. The fraction of sp³-hybridized carbons (Fsp3) is 0.0952. The molecule has 146 valence electrons. The number of sulfone groups is 1. The van der Waals surface area contributed by atoms with Gasteiger partial charge in [-0.2, -0.15) is 5.26 Å². The van der Waals surface area contributed by atoms with E-state index in [1.165, 1.54) is 24.3 Å². The Balaban J connectivity index is 1.61. The Morgan fingerprint density at radius 3 is 2.48 bits per heavy atom. The molecule has 1 aromatic heterocycles. The lowest BCUT2D eigenvalue weighted by atomic mass is 10.2. The van der Waals surface area contributed by atoms with Crippen LogP contribution in [0.4, 0.5) is 10.5 Å². The fourth-order valence-electron chi connectivity index (χ4n) is 2.64. The number of amides is 2. The highest BCUT2D eigenvalue weighted by molar-refractivity contribution is 7.90. The van der Waals surface area contributed by atoms with Crippen molar-refractivity contribution in [2.75, 3.05) is 5.32 Å². The first-order chi connectivity index (χ1) is 14.0. The van der Waals surface area contributed by atoms with E-state index in [4.69, 9.17) is 5.26 Å². The topological polar surface area (TPSA) is 112 Å². The number of nitriles is 1. The molecule has 3 aromatic rings. The molecular weight excluding hydrogens is 388 g/mol. The summed E-state index contributed by atoms with van der Waals surface area (Å²) in [6.07, 6.45) is 3.31. The highest BCUT2D eigenvalue weighted by Gasteiger charge is 2.16. The largest absolute Gasteiger partial charge is 0.334 e. The van der Waals surface area contributed by atoms with Crippen LogP contribution in [0.1, 0.15) is 16.7 Å². The monoisotopic (exact) mass is 406 g/mol. The third kappa shape index (κ3) is 5.64. The van der Waals surface area contributed by atoms with Crippen LogP contribution in [0, 0.1) is 11.3 Å². The summed E-state index contributed by atoms with van der Waals surface area (Å²) >= 11 is 0. The Morgan fingerprint density at radius 1 is 1.03 bits per heavy atom. The fourth-order valence-corrected chi connectivity index (χ4v) is 3.98. The van der Waals surface area contributed by atoms with Gasteiger partial charge in [0.15, 0.2) is 9.84 Å². The zero-order valence-corrected chi connectivity index (χ0v) is 16.2. The Morgan fingerprint density at radius 2 is 1.79 bits per heavy atom. The number of urea groups is 1. The third-order valence-electron chi connectivity index (χ3n) is 4.06. The second-order valence-corrected chi connectivity index (χ2v) is 8.25. The van der Waals surface area contributed by atoms with Crippen LogP contribution >= 0.6 is 0 Å². The van der Waals surface area contributed by atoms with Crippen molar-refractivity contribution in [2.24, 2.45) is 0 Å². The Bertz CT molecular complexity index is 1140. The molecule has 0 aliphatic heterocycles. The molecule has 8 heteroatoms. The molecule has 0 unspecified atom stereocenters. The summed E-state index contributed by atoms with van der Waals surface area (Å²) in [5.74, 6) is -0.207. The summed E-state index contributed by atoms with van der Waals surface area (Å²) in [5.41, 5.74) is 2.29. The lowest BCUT2D eigenvalue weighted by Gasteiger charge is -2.09. The average molecular weight is 406 g/mol. The van der Waals surface area contributed by atoms with Crippen LogP contribution in [0.15, 0.2) is 78.0 Å². The maximum absolute atomic E-state index is 12.6. The second kappa shape index (κ2) is 8.99. The van der Waals surface area contributed by atoms with Crippen LogP contribution < -0.4 is 10.6 Å². The molecule has 0 aliphatic carbocycles. The SMILES string of the molecule is N#Cc1cccc(CS(=O)(=O)c2ccc(NC(=O)NCc3cccnc3)cc2)c1. The number of nitrogens with zero attached hydrogens (tertiary/aromatic N) is 2. The van der Waals surface area contributed by atoms with Crippen molar-refractivity contribution >= 4 is 21.6 Å². The van der Waals surface area contributed by atoms with Crippen LogP contribution in [-0.4, -0.2) is 19.4 Å². The van der Waals surface area contributed by atoms with Crippen LogP contribution in [-0.2, 0) is 22.1 Å². The van der Waals surface area contributed by atoms with Crippen molar-refractivity contribution < 1.29 is 13.2 Å². The first-order valence-electron chi connectivity index (χ1n) is 8.72. The number of aromatic nitrogens is 1. The Kier molecular flexibility index (Phi) is 6.22. The van der Waals surface area contributed by atoms with Crippen molar-refractivity contribution in [3.8, 4) is 6.07 Å². The van der Waals surface area contributed by atoms with Gasteiger partial charge in [0.1, 0.15) is 0 Å². The minimum absolute atomic E-state index is 0.140. The number of carbonyl (C=O) groups is 1. The lowest BCUT2D eigenvalue weighted by Crippen LogP contribution is -2.28. The normalized spacial score (nSPS) is 10.7. The molecule has 0 atom stereocenters. The van der Waals surface area contributed by atoms with Gasteiger partial charge in [0.2, 0.25) is 0 Å². The quantitative estimate of drug-likeness (QED) is 0.653. The standard InChI is InChI=1S/C21H18N4O3S/c22-12-16-3-1-4-17(11-16)15-29(27,28)20-8-6-19(7-9-20)25-21(26)24-14-18-5-2-10-23-13-18/h1-11,13H,14-15H2,(H2,24,25,26). The number of pyridine rings is 1. The van der Waals surface area contributed by atoms with Crippen LogP contribution in [0.5, 0.6) is 0 Å². The first-order valence-corrected chi connectivity index (χ1v) is 10.4. The van der Waals surface area contributed by atoms with E-state index in [1.54, 1.807) is 42.7 Å². The van der Waals surface area contributed by atoms with Crippen LogP contribution in [0.25, 0.3) is 0 Å². The third-order valence-corrected chi connectivity index (χ3v) is 5.76. The van der Waals surface area contributed by atoms with Crippen molar-refractivity contribution in [2.45, 2.75) is 17.2 Å². The van der Waals surface area contributed by atoms with Gasteiger partial charge in [-0.3, -0.25) is 4.98 Å². The molecule has 29 heavy (non-hydrogen) atoms. The molecule has 0 saturated carbocycles. The smallest absolute Gasteiger partial charge is 0.319 e. The van der Waals surface area contributed by atoms with Gasteiger partial charge in [-0.25, -0.2) is 13.2 Å². The van der Waals surface area contributed by atoms with Gasteiger partial charge in [-0.05, 0) is 53.6 Å². The molecule has 0 spiro atoms. The van der Waals surface area contributed by atoms with Gasteiger partial charge in [-0.15, -0.1) is 0 Å². The van der Waals surface area contributed by atoms with Crippen LogP contribution in [0.2, 0.25) is 0 Å². The van der Waals surface area contributed by atoms with E-state index in [-0.39, 0.29) is 10.6 Å². The molecule has 1 heterocycles. The number of nitrogens with one attached hydrogen (secondary N) is 2. The van der Waals surface area contributed by atoms with Gasteiger partial charge < -0.3 is 10.6 Å². The number of anilines is 1. The molecule has 0 aliphatic rings. The second-order valence-electron chi connectivity index (χ2n) is 6.26. The average Bonchev–Trinajstić information content (AvgIpc) is 2.73. The minimum Gasteiger partial charge on any atom is -0.334 e. The number of hydrogen-bond acceptors (Lipinski definition) is 5. The number of rotatable bonds is 6. The Labute approximate surface area is 169 Å². The number of benzene rings is 2. The number of hydrogen-bond donors (Lipinski definition) is 2. The van der Waals surface area contributed by atoms with Gasteiger partial charge in [0.25, 0.3) is 0 Å². The van der Waals surface area contributed by atoms with Gasteiger partial charge in [0, 0.05) is 24.6 Å². The van der Waals surface area contributed by atoms with Crippen LogP contribution in [0.3, 0.4) is 0 Å². The molecule has 2 amide bonds. The van der Waals surface area contributed by atoms with Crippen molar-refractivity contribution in [3.05, 3.63) is 89.7 Å². The molecule has 2 N–H and O–H groups in total. The van der Waals surface area contributed by atoms with Gasteiger partial charge >= 0.3 is 6.03 Å². The van der Waals surface area contributed by atoms with E-state index >= 15 is 0 Å². The van der Waals surface area contributed by atoms with Crippen molar-refractivity contribution in [3.63, 3.8) is 0 Å². The predicted octanol–water partition coefficient (Wildman–Crippen LogP) is 3.25. The maximum atomic E-state index is 12.6. The van der Waals surface area contributed by atoms with Crippen molar-refractivity contribution in [1.29, 1.82) is 5.26 Å². The molecule has 0 bridgehead atoms. The summed E-state index contributed by atoms with van der Waals surface area (Å²) < 4.78 is 25.2. The Hall–Kier alpha value is -3.70. The summed E-state index contributed by atoms with van der Waals surface area (Å²) in [6, 6.07) is 17.7. The molecule has 2 aromatic carbocycles. The lowest BCUT2D eigenvalue weighted by molar-refractivity contribution is 0.251. The minimum atomic E-state index is -3.57.